The van der Waals surface area contributed by atoms with E-state index in [1.807, 2.05) is 11.3 Å². The van der Waals surface area contributed by atoms with Gasteiger partial charge in [-0.25, -0.2) is 0 Å². The van der Waals surface area contributed by atoms with E-state index in [4.69, 9.17) is 0 Å². The van der Waals surface area contributed by atoms with Crippen LogP contribution in [0.15, 0.2) is 237 Å². The third-order valence-corrected chi connectivity index (χ3v) is 13.9. The molecule has 10 aromatic carbocycles. The molecule has 286 valence electrons. The van der Waals surface area contributed by atoms with E-state index in [1.54, 1.807) is 0 Å². The van der Waals surface area contributed by atoms with Gasteiger partial charge >= 0.3 is 0 Å². The standard InChI is InChI=1S/C59H39NS/c1-5-19-40(20-6-1)41-33-35-45(36-34-41)60(57-49-28-13-14-29-50(49)58-56(51-30-16-18-32-54(51)61-58)55(57)42-21-7-2-8-22-42)46-37-38-48-47-27-15-17-31-52(47)59(53(48)39-46,43-23-9-3-10-24-43)44-25-11-4-12-26-44/h1-39H. The summed E-state index contributed by atoms with van der Waals surface area (Å²) >= 11 is 1.90. The van der Waals surface area contributed by atoms with Crippen molar-refractivity contribution in [2.24, 2.45) is 0 Å². The number of rotatable bonds is 7. The monoisotopic (exact) mass is 793 g/mol. The molecule has 0 amide bonds. The average molecular weight is 794 g/mol. The van der Waals surface area contributed by atoms with E-state index in [0.29, 0.717) is 0 Å². The molecule has 0 saturated heterocycles. The number of thiophene rings is 1. The van der Waals surface area contributed by atoms with Crippen LogP contribution in [-0.4, -0.2) is 0 Å². The average Bonchev–Trinajstić information content (AvgIpc) is 3.87. The molecule has 0 saturated carbocycles. The SMILES string of the molecule is c1ccc(-c2ccc(N(c3ccc4c(c3)C(c3ccccc3)(c3ccccc3)c3ccccc3-4)c3c(-c4ccccc4)c4c5ccccc5sc4c4ccccc34)cc2)cc1. The highest BCUT2D eigenvalue weighted by molar-refractivity contribution is 7.26. The molecule has 1 aliphatic carbocycles. The highest BCUT2D eigenvalue weighted by atomic mass is 32.1. The van der Waals surface area contributed by atoms with Gasteiger partial charge in [0.1, 0.15) is 0 Å². The number of hydrogen-bond acceptors (Lipinski definition) is 2. The van der Waals surface area contributed by atoms with Crippen molar-refractivity contribution >= 4 is 59.3 Å². The Balaban J connectivity index is 1.22. The largest absolute Gasteiger partial charge is 0.309 e. The van der Waals surface area contributed by atoms with Gasteiger partial charge in [-0.05, 0) is 80.4 Å². The van der Waals surface area contributed by atoms with Crippen molar-refractivity contribution in [3.8, 4) is 33.4 Å². The van der Waals surface area contributed by atoms with Crippen LogP contribution >= 0.6 is 11.3 Å². The Morgan fingerprint density at radius 2 is 0.869 bits per heavy atom. The fourth-order valence-corrected chi connectivity index (χ4v) is 11.4. The summed E-state index contributed by atoms with van der Waals surface area (Å²) in [6, 6.07) is 87.3. The smallest absolute Gasteiger partial charge is 0.0714 e. The Labute approximate surface area is 360 Å². The van der Waals surface area contributed by atoms with Crippen LogP contribution in [-0.2, 0) is 5.41 Å². The first-order valence-corrected chi connectivity index (χ1v) is 21.8. The molecule has 0 radical (unpaired) electrons. The first-order chi connectivity index (χ1) is 30.3. The van der Waals surface area contributed by atoms with Crippen molar-refractivity contribution in [2.75, 3.05) is 4.90 Å². The van der Waals surface area contributed by atoms with Crippen molar-refractivity contribution in [2.45, 2.75) is 5.41 Å². The van der Waals surface area contributed by atoms with Crippen molar-refractivity contribution in [3.63, 3.8) is 0 Å². The Hall–Kier alpha value is -7.52. The maximum absolute atomic E-state index is 2.55. The fourth-order valence-electron chi connectivity index (χ4n) is 10.2. The van der Waals surface area contributed by atoms with Crippen molar-refractivity contribution in [1.29, 1.82) is 0 Å². The van der Waals surface area contributed by atoms with Gasteiger partial charge in [0, 0.05) is 47.9 Å². The van der Waals surface area contributed by atoms with E-state index in [2.05, 4.69) is 241 Å². The molecule has 1 aliphatic rings. The second-order valence-corrected chi connectivity index (χ2v) is 17.0. The number of fused-ring (bicyclic) bond motifs is 8. The van der Waals surface area contributed by atoms with Gasteiger partial charge < -0.3 is 4.90 Å². The van der Waals surface area contributed by atoms with Crippen LogP contribution in [0.25, 0.3) is 64.3 Å². The van der Waals surface area contributed by atoms with Gasteiger partial charge in [-0.2, -0.15) is 0 Å². The molecule has 0 unspecified atom stereocenters. The maximum atomic E-state index is 2.55. The van der Waals surface area contributed by atoms with E-state index in [1.165, 1.54) is 92.3 Å². The van der Waals surface area contributed by atoms with Crippen LogP contribution in [0, 0.1) is 0 Å². The van der Waals surface area contributed by atoms with Crippen LogP contribution in [0.1, 0.15) is 22.3 Å². The Morgan fingerprint density at radius 3 is 1.56 bits per heavy atom. The van der Waals surface area contributed by atoms with Gasteiger partial charge in [-0.1, -0.05) is 206 Å². The van der Waals surface area contributed by atoms with E-state index >= 15 is 0 Å². The predicted molar refractivity (Wildman–Crippen MR) is 260 cm³/mol. The summed E-state index contributed by atoms with van der Waals surface area (Å²) in [5.74, 6) is 0. The number of benzene rings is 10. The van der Waals surface area contributed by atoms with Crippen LogP contribution in [0.4, 0.5) is 17.1 Å². The zero-order valence-electron chi connectivity index (χ0n) is 33.4. The molecule has 12 rings (SSSR count). The van der Waals surface area contributed by atoms with Gasteiger partial charge in [0.25, 0.3) is 0 Å². The molecule has 0 bridgehead atoms. The molecule has 0 atom stereocenters. The van der Waals surface area contributed by atoms with Gasteiger partial charge in [0.05, 0.1) is 11.1 Å². The minimum Gasteiger partial charge on any atom is -0.309 e. The zero-order valence-corrected chi connectivity index (χ0v) is 34.2. The lowest BCUT2D eigenvalue weighted by Crippen LogP contribution is -2.28. The van der Waals surface area contributed by atoms with Crippen molar-refractivity contribution in [3.05, 3.63) is 259 Å². The molecule has 11 aromatic rings. The van der Waals surface area contributed by atoms with Gasteiger partial charge in [0.15, 0.2) is 0 Å². The summed E-state index contributed by atoms with van der Waals surface area (Å²) in [6.07, 6.45) is 0. The quantitative estimate of drug-likeness (QED) is 0.155. The molecule has 2 heteroatoms. The molecule has 0 fully saturated rings. The number of nitrogens with zero attached hydrogens (tertiary/aromatic N) is 1. The topological polar surface area (TPSA) is 3.24 Å². The summed E-state index contributed by atoms with van der Waals surface area (Å²) in [6.45, 7) is 0. The van der Waals surface area contributed by atoms with Crippen LogP contribution < -0.4 is 4.90 Å². The lowest BCUT2D eigenvalue weighted by Gasteiger charge is -2.35. The Bertz CT molecular complexity index is 3350. The first kappa shape index (κ1) is 35.4. The van der Waals surface area contributed by atoms with E-state index in [0.717, 1.165) is 11.4 Å². The third-order valence-electron chi connectivity index (χ3n) is 12.7. The highest BCUT2D eigenvalue weighted by Crippen LogP contribution is 2.59. The maximum Gasteiger partial charge on any atom is 0.0714 e. The second kappa shape index (κ2) is 14.3. The van der Waals surface area contributed by atoms with Gasteiger partial charge in [0.2, 0.25) is 0 Å². The summed E-state index contributed by atoms with van der Waals surface area (Å²) < 4.78 is 2.61. The molecule has 0 N–H and O–H groups in total. The summed E-state index contributed by atoms with van der Waals surface area (Å²) in [5, 5.41) is 5.05. The summed E-state index contributed by atoms with van der Waals surface area (Å²) in [5.41, 5.74) is 15.3. The fraction of sp³-hybridized carbons (Fsp3) is 0.0169. The Morgan fingerprint density at radius 1 is 0.361 bits per heavy atom. The van der Waals surface area contributed by atoms with Crippen molar-refractivity contribution < 1.29 is 0 Å². The number of hydrogen-bond donors (Lipinski definition) is 0. The zero-order chi connectivity index (χ0) is 40.3. The Kier molecular flexibility index (Phi) is 8.33. The second-order valence-electron chi connectivity index (χ2n) is 15.9. The van der Waals surface area contributed by atoms with Gasteiger partial charge in [-0.15, -0.1) is 11.3 Å². The lowest BCUT2D eigenvalue weighted by molar-refractivity contribution is 0.768. The molecule has 1 nitrogen and oxygen atoms in total. The van der Waals surface area contributed by atoms with Crippen LogP contribution in [0.5, 0.6) is 0 Å². The van der Waals surface area contributed by atoms with Crippen LogP contribution in [0.3, 0.4) is 0 Å². The van der Waals surface area contributed by atoms with E-state index in [9.17, 15) is 0 Å². The van der Waals surface area contributed by atoms with E-state index in [-0.39, 0.29) is 0 Å². The minimum atomic E-state index is -0.537. The minimum absolute atomic E-state index is 0.537. The van der Waals surface area contributed by atoms with Gasteiger partial charge in [-0.3, -0.25) is 0 Å². The highest BCUT2D eigenvalue weighted by Gasteiger charge is 2.46. The molecule has 1 aromatic heterocycles. The predicted octanol–water partition coefficient (Wildman–Crippen LogP) is 16.4. The van der Waals surface area contributed by atoms with Crippen LogP contribution in [0.2, 0.25) is 0 Å². The van der Waals surface area contributed by atoms with Crippen molar-refractivity contribution in [1.82, 2.24) is 0 Å². The van der Waals surface area contributed by atoms with E-state index < -0.39 is 5.41 Å². The molecule has 0 aliphatic heterocycles. The first-order valence-electron chi connectivity index (χ1n) is 21.0. The summed E-state index contributed by atoms with van der Waals surface area (Å²) in [4.78, 5) is 2.55. The normalized spacial score (nSPS) is 12.7. The molecule has 61 heavy (non-hydrogen) atoms. The lowest BCUT2D eigenvalue weighted by atomic mass is 9.67. The molecular weight excluding hydrogens is 755 g/mol. The molecule has 0 spiro atoms. The third kappa shape index (κ3) is 5.46. The molecular formula is C59H39NS. The molecule has 1 heterocycles. The number of anilines is 3. The summed E-state index contributed by atoms with van der Waals surface area (Å²) in [7, 11) is 0.